The van der Waals surface area contributed by atoms with Gasteiger partial charge in [-0.15, -0.1) is 0 Å². The summed E-state index contributed by atoms with van der Waals surface area (Å²) in [6, 6.07) is 16.5. The molecule has 140 valence electrons. The minimum Gasteiger partial charge on any atom is -0.463 e. The molecule has 6 nitrogen and oxygen atoms in total. The number of thioether (sulfide) groups is 1. The Morgan fingerprint density at radius 3 is 2.62 bits per heavy atom. The molecule has 0 saturated heterocycles. The largest absolute Gasteiger partial charge is 0.463 e. The van der Waals surface area contributed by atoms with Gasteiger partial charge in [0.15, 0.2) is 10.6 Å². The summed E-state index contributed by atoms with van der Waals surface area (Å²) in [5.74, 6) is -0.573. The summed E-state index contributed by atoms with van der Waals surface area (Å²) in [6.07, 6.45) is 2.69. The zero-order chi connectivity index (χ0) is 20.0. The molecule has 2 aliphatic rings. The first-order valence-corrected chi connectivity index (χ1v) is 9.68. The highest BCUT2D eigenvalue weighted by molar-refractivity contribution is 8.17. The van der Waals surface area contributed by atoms with Crippen molar-refractivity contribution >= 4 is 51.4 Å². The first-order chi connectivity index (χ1) is 14.1. The fourth-order valence-corrected chi connectivity index (χ4v) is 4.15. The van der Waals surface area contributed by atoms with Gasteiger partial charge in [-0.25, -0.2) is 0 Å². The van der Waals surface area contributed by atoms with Crippen molar-refractivity contribution in [3.05, 3.63) is 93.2 Å². The van der Waals surface area contributed by atoms with Crippen molar-refractivity contribution < 1.29 is 9.21 Å². The fraction of sp³-hybridized carbons (Fsp3) is 0. The van der Waals surface area contributed by atoms with Crippen LogP contribution in [0.4, 0.5) is 0 Å². The molecule has 3 aromatic rings. The highest BCUT2D eigenvalue weighted by Gasteiger charge is 2.36. The maximum Gasteiger partial charge on any atom is 0.283 e. The van der Waals surface area contributed by atoms with Crippen LogP contribution in [0.5, 0.6) is 0 Å². The van der Waals surface area contributed by atoms with Gasteiger partial charge in [-0.3, -0.25) is 19.9 Å². The Labute approximate surface area is 169 Å². The van der Waals surface area contributed by atoms with E-state index in [1.54, 1.807) is 29.2 Å². The van der Waals surface area contributed by atoms with Crippen molar-refractivity contribution in [1.29, 1.82) is 5.41 Å². The number of nitrogens with zero attached hydrogens (tertiary/aromatic N) is 2. The van der Waals surface area contributed by atoms with Crippen LogP contribution in [-0.2, 0) is 4.79 Å². The van der Waals surface area contributed by atoms with Crippen LogP contribution >= 0.6 is 11.8 Å². The van der Waals surface area contributed by atoms with Crippen LogP contribution in [0.25, 0.3) is 22.7 Å². The molecule has 1 amide bonds. The molecule has 2 aromatic carbocycles. The lowest BCUT2D eigenvalue weighted by Gasteiger charge is -2.26. The Hall–Kier alpha value is -3.71. The van der Waals surface area contributed by atoms with E-state index in [9.17, 15) is 9.59 Å². The molecule has 1 aromatic heterocycles. The number of amides is 1. The number of carbonyl (C=O) groups is 1. The zero-order valence-corrected chi connectivity index (χ0v) is 15.8. The molecule has 7 heteroatoms. The number of benzene rings is 2. The Kier molecular flexibility index (Phi) is 4.03. The van der Waals surface area contributed by atoms with Gasteiger partial charge in [0.2, 0.25) is 0 Å². The predicted molar refractivity (Wildman–Crippen MR) is 114 cm³/mol. The second kappa shape index (κ2) is 6.72. The van der Waals surface area contributed by atoms with Crippen LogP contribution in [-0.4, -0.2) is 21.8 Å². The Morgan fingerprint density at radius 1 is 1.03 bits per heavy atom. The number of amidine groups is 2. The van der Waals surface area contributed by atoms with Crippen molar-refractivity contribution in [2.24, 2.45) is 4.99 Å². The normalized spacial score (nSPS) is 17.5. The van der Waals surface area contributed by atoms with E-state index in [0.717, 1.165) is 11.3 Å². The summed E-state index contributed by atoms with van der Waals surface area (Å²) < 4.78 is 5.52. The third kappa shape index (κ3) is 2.83. The number of rotatable bonds is 2. The van der Waals surface area contributed by atoms with E-state index >= 15 is 0 Å². The molecule has 0 unspecified atom stereocenters. The van der Waals surface area contributed by atoms with Gasteiger partial charge in [0.25, 0.3) is 5.91 Å². The SMILES string of the molecule is N=C1/C(=C/c2coc3ccccc3c2=O)C(=O)N=C2SC=C(c3ccccc3)N12. The van der Waals surface area contributed by atoms with E-state index in [4.69, 9.17) is 9.83 Å². The van der Waals surface area contributed by atoms with Gasteiger partial charge in [0.1, 0.15) is 17.7 Å². The van der Waals surface area contributed by atoms with Crippen molar-refractivity contribution in [1.82, 2.24) is 4.90 Å². The number of para-hydroxylation sites is 1. The lowest BCUT2D eigenvalue weighted by atomic mass is 10.1. The van der Waals surface area contributed by atoms with E-state index in [1.165, 1.54) is 24.1 Å². The molecule has 29 heavy (non-hydrogen) atoms. The number of nitrogens with one attached hydrogen (secondary N) is 1. The fourth-order valence-electron chi connectivity index (χ4n) is 3.26. The van der Waals surface area contributed by atoms with Crippen LogP contribution in [0.3, 0.4) is 0 Å². The van der Waals surface area contributed by atoms with E-state index in [-0.39, 0.29) is 22.4 Å². The van der Waals surface area contributed by atoms with Gasteiger partial charge in [0, 0.05) is 5.41 Å². The van der Waals surface area contributed by atoms with E-state index in [0.29, 0.717) is 16.1 Å². The van der Waals surface area contributed by atoms with Crippen LogP contribution in [0.1, 0.15) is 11.1 Å². The third-order valence-electron chi connectivity index (χ3n) is 4.69. The lowest BCUT2D eigenvalue weighted by Crippen LogP contribution is -2.38. The lowest BCUT2D eigenvalue weighted by molar-refractivity contribution is -0.114. The topological polar surface area (TPSA) is 86.7 Å². The van der Waals surface area contributed by atoms with Crippen molar-refractivity contribution in [3.63, 3.8) is 0 Å². The van der Waals surface area contributed by atoms with Gasteiger partial charge in [0.05, 0.1) is 22.2 Å². The van der Waals surface area contributed by atoms with Crippen LogP contribution in [0, 0.1) is 5.41 Å². The Bertz CT molecular complexity index is 1340. The van der Waals surface area contributed by atoms with Gasteiger partial charge >= 0.3 is 0 Å². The average Bonchev–Trinajstić information content (AvgIpc) is 3.17. The molecule has 0 fully saturated rings. The van der Waals surface area contributed by atoms with Gasteiger partial charge < -0.3 is 4.42 Å². The van der Waals surface area contributed by atoms with Crippen molar-refractivity contribution in [3.8, 4) is 0 Å². The number of hydrogen-bond donors (Lipinski definition) is 1. The predicted octanol–water partition coefficient (Wildman–Crippen LogP) is 4.10. The molecule has 1 N–H and O–H groups in total. The van der Waals surface area contributed by atoms with Crippen molar-refractivity contribution in [2.45, 2.75) is 0 Å². The van der Waals surface area contributed by atoms with E-state index in [2.05, 4.69) is 4.99 Å². The average molecular weight is 399 g/mol. The molecule has 0 aliphatic carbocycles. The molecular formula is C22H13N3O3S. The molecule has 0 atom stereocenters. The maximum absolute atomic E-state index is 12.8. The zero-order valence-electron chi connectivity index (χ0n) is 15.0. The molecule has 0 spiro atoms. The molecule has 0 radical (unpaired) electrons. The van der Waals surface area contributed by atoms with Crippen molar-refractivity contribution in [2.75, 3.05) is 0 Å². The molecule has 0 bridgehead atoms. The summed E-state index contributed by atoms with van der Waals surface area (Å²) in [5.41, 5.74) is 2.13. The number of aliphatic imine (C=N–C) groups is 1. The second-order valence-electron chi connectivity index (χ2n) is 6.44. The molecule has 0 saturated carbocycles. The van der Waals surface area contributed by atoms with Crippen LogP contribution < -0.4 is 5.43 Å². The summed E-state index contributed by atoms with van der Waals surface area (Å²) in [5, 5.41) is 11.4. The Balaban J connectivity index is 1.60. The van der Waals surface area contributed by atoms with Gasteiger partial charge in [-0.1, -0.05) is 54.2 Å². The molecule has 3 heterocycles. The minimum atomic E-state index is -0.552. The highest BCUT2D eigenvalue weighted by atomic mass is 32.2. The molecule has 2 aliphatic heterocycles. The van der Waals surface area contributed by atoms with Gasteiger partial charge in [-0.05, 0) is 23.8 Å². The standard InChI is InChI=1S/C22H13N3O3S/c23-20-16(10-14-11-28-18-9-5-4-8-15(18)19(14)26)21(27)24-22-25(20)17(12-29-22)13-6-2-1-3-7-13/h1-12,23H/b16-10-,23-20?. The van der Waals surface area contributed by atoms with Crippen LogP contribution in [0.2, 0.25) is 0 Å². The quantitative estimate of drug-likeness (QED) is 0.656. The maximum atomic E-state index is 12.8. The summed E-state index contributed by atoms with van der Waals surface area (Å²) in [7, 11) is 0. The minimum absolute atomic E-state index is 0.0207. The smallest absolute Gasteiger partial charge is 0.283 e. The highest BCUT2D eigenvalue weighted by Crippen LogP contribution is 2.37. The first kappa shape index (κ1) is 17.4. The number of fused-ring (bicyclic) bond motifs is 2. The third-order valence-corrected chi connectivity index (χ3v) is 5.52. The van der Waals surface area contributed by atoms with E-state index in [1.807, 2.05) is 35.7 Å². The monoisotopic (exact) mass is 399 g/mol. The number of carbonyl (C=O) groups excluding carboxylic acids is 1. The Morgan fingerprint density at radius 2 is 1.79 bits per heavy atom. The number of hydrogen-bond acceptors (Lipinski definition) is 5. The molecular weight excluding hydrogens is 386 g/mol. The first-order valence-electron chi connectivity index (χ1n) is 8.80. The van der Waals surface area contributed by atoms with Gasteiger partial charge in [-0.2, -0.15) is 4.99 Å². The second-order valence-corrected chi connectivity index (χ2v) is 7.28. The van der Waals surface area contributed by atoms with E-state index < -0.39 is 5.91 Å². The molecule has 5 rings (SSSR count). The summed E-state index contributed by atoms with van der Waals surface area (Å²) in [6.45, 7) is 0. The van der Waals surface area contributed by atoms with Crippen LogP contribution in [0.15, 0.2) is 86.0 Å². The summed E-state index contributed by atoms with van der Waals surface area (Å²) >= 11 is 1.29. The summed E-state index contributed by atoms with van der Waals surface area (Å²) in [4.78, 5) is 31.1.